The number of aryl methyl sites for hydroxylation is 1. The number of amides is 1. The van der Waals surface area contributed by atoms with Crippen molar-refractivity contribution in [3.63, 3.8) is 0 Å². The maximum absolute atomic E-state index is 12.7. The normalized spacial score (nSPS) is 19.9. The third kappa shape index (κ3) is 3.20. The summed E-state index contributed by atoms with van der Waals surface area (Å²) in [7, 11) is 0. The lowest BCUT2D eigenvalue weighted by Crippen LogP contribution is -2.34. The van der Waals surface area contributed by atoms with Crippen molar-refractivity contribution >= 4 is 5.91 Å². The largest absolute Gasteiger partial charge is 0.395 e. The zero-order valence-corrected chi connectivity index (χ0v) is 12.7. The molecule has 5 heteroatoms. The molecule has 1 aromatic carbocycles. The summed E-state index contributed by atoms with van der Waals surface area (Å²) in [5.41, 5.74) is 2.12. The van der Waals surface area contributed by atoms with Crippen LogP contribution in [-0.2, 0) is 11.3 Å². The second kappa shape index (κ2) is 6.32. The van der Waals surface area contributed by atoms with Gasteiger partial charge in [-0.1, -0.05) is 30.3 Å². The van der Waals surface area contributed by atoms with Crippen molar-refractivity contribution in [1.82, 2.24) is 14.9 Å². The number of nitrogens with one attached hydrogen (secondary N) is 1. The monoisotopic (exact) mass is 299 g/mol. The van der Waals surface area contributed by atoms with E-state index in [9.17, 15) is 9.90 Å². The number of rotatable bonds is 6. The van der Waals surface area contributed by atoms with Crippen LogP contribution in [0.25, 0.3) is 0 Å². The second-order valence-electron chi connectivity index (χ2n) is 5.84. The number of carbonyl (C=O) groups excluding carboxylic acids is 1. The van der Waals surface area contributed by atoms with E-state index < -0.39 is 0 Å². The Hall–Kier alpha value is -2.14. The highest BCUT2D eigenvalue weighted by atomic mass is 16.3. The van der Waals surface area contributed by atoms with Gasteiger partial charge in [0.25, 0.3) is 0 Å². The molecule has 0 bridgehead atoms. The van der Waals surface area contributed by atoms with Gasteiger partial charge in [0.05, 0.1) is 25.0 Å². The minimum Gasteiger partial charge on any atom is -0.395 e. The summed E-state index contributed by atoms with van der Waals surface area (Å²) in [5, 5.41) is 9.23. The first-order valence-electron chi connectivity index (χ1n) is 7.64. The molecule has 2 N–H and O–H groups in total. The van der Waals surface area contributed by atoms with Crippen molar-refractivity contribution in [2.24, 2.45) is 5.92 Å². The molecule has 0 saturated heterocycles. The first kappa shape index (κ1) is 14.8. The van der Waals surface area contributed by atoms with Crippen molar-refractivity contribution < 1.29 is 9.90 Å². The Balaban J connectivity index is 1.66. The zero-order valence-electron chi connectivity index (χ0n) is 12.7. The molecule has 1 amide bonds. The highest BCUT2D eigenvalue weighted by Crippen LogP contribution is 2.48. The number of hydrogen-bond donors (Lipinski definition) is 2. The number of benzene rings is 1. The number of H-pyrrole nitrogens is 1. The number of aliphatic hydroxyl groups is 1. The molecule has 116 valence electrons. The van der Waals surface area contributed by atoms with Crippen molar-refractivity contribution in [3.05, 3.63) is 53.6 Å². The van der Waals surface area contributed by atoms with E-state index in [-0.39, 0.29) is 18.4 Å². The minimum atomic E-state index is -0.0262. The van der Waals surface area contributed by atoms with Crippen LogP contribution in [-0.4, -0.2) is 39.0 Å². The molecule has 1 aliphatic rings. The van der Waals surface area contributed by atoms with Crippen LogP contribution in [0.4, 0.5) is 0 Å². The molecule has 5 nitrogen and oxygen atoms in total. The second-order valence-corrected chi connectivity index (χ2v) is 5.84. The molecule has 1 heterocycles. The molecule has 1 fully saturated rings. The zero-order chi connectivity index (χ0) is 15.5. The summed E-state index contributed by atoms with van der Waals surface area (Å²) >= 11 is 0. The fourth-order valence-electron chi connectivity index (χ4n) is 2.92. The molecule has 0 unspecified atom stereocenters. The summed E-state index contributed by atoms with van der Waals surface area (Å²) in [6, 6.07) is 10.2. The number of aliphatic hydroxyl groups excluding tert-OH is 1. The van der Waals surface area contributed by atoms with Crippen LogP contribution < -0.4 is 0 Å². The van der Waals surface area contributed by atoms with Gasteiger partial charge in [0.2, 0.25) is 5.91 Å². The fourth-order valence-corrected chi connectivity index (χ4v) is 2.92. The van der Waals surface area contributed by atoms with Crippen molar-refractivity contribution in [1.29, 1.82) is 0 Å². The smallest absolute Gasteiger partial charge is 0.226 e. The Morgan fingerprint density at radius 3 is 2.82 bits per heavy atom. The summed E-state index contributed by atoms with van der Waals surface area (Å²) in [5.74, 6) is 1.31. The molecule has 0 aliphatic heterocycles. The quantitative estimate of drug-likeness (QED) is 0.855. The Labute approximate surface area is 130 Å². The molecular formula is C17H21N3O2. The van der Waals surface area contributed by atoms with E-state index in [1.165, 1.54) is 5.56 Å². The van der Waals surface area contributed by atoms with E-state index in [0.29, 0.717) is 19.0 Å². The van der Waals surface area contributed by atoms with Gasteiger partial charge in [-0.3, -0.25) is 4.79 Å². The Bertz CT molecular complexity index is 638. The average molecular weight is 299 g/mol. The van der Waals surface area contributed by atoms with E-state index >= 15 is 0 Å². The third-order valence-corrected chi connectivity index (χ3v) is 4.13. The van der Waals surface area contributed by atoms with Crippen LogP contribution in [0.15, 0.2) is 36.5 Å². The molecule has 0 radical (unpaired) electrons. The van der Waals surface area contributed by atoms with Crippen LogP contribution in [0.2, 0.25) is 0 Å². The van der Waals surface area contributed by atoms with E-state index in [1.54, 1.807) is 11.1 Å². The molecule has 22 heavy (non-hydrogen) atoms. The molecule has 2 aromatic rings. The molecule has 1 saturated carbocycles. The standard InChI is InChI=1S/C17H21N3O2/c1-12-18-10-14(19-12)11-20(7-8-21)17(22)16-9-15(16)13-5-3-2-4-6-13/h2-6,10,15-16,21H,7-9,11H2,1H3,(H,18,19)/t15-,16+/m0/s1. The molecule has 0 spiro atoms. The topological polar surface area (TPSA) is 69.2 Å². The van der Waals surface area contributed by atoms with Crippen LogP contribution in [0.3, 0.4) is 0 Å². The summed E-state index contributed by atoms with van der Waals surface area (Å²) in [4.78, 5) is 21.7. The molecule has 1 aliphatic carbocycles. The predicted octanol–water partition coefficient (Wildman–Crippen LogP) is 1.84. The lowest BCUT2D eigenvalue weighted by atomic mass is 10.1. The van der Waals surface area contributed by atoms with Gasteiger partial charge >= 0.3 is 0 Å². The number of aromatic amines is 1. The summed E-state index contributed by atoms with van der Waals surface area (Å²) in [6.45, 7) is 2.68. The van der Waals surface area contributed by atoms with Gasteiger partial charge < -0.3 is 15.0 Å². The first-order valence-corrected chi connectivity index (χ1v) is 7.64. The lowest BCUT2D eigenvalue weighted by molar-refractivity contribution is -0.133. The van der Waals surface area contributed by atoms with E-state index in [2.05, 4.69) is 22.1 Å². The van der Waals surface area contributed by atoms with Gasteiger partial charge in [-0.2, -0.15) is 0 Å². The molecule has 2 atom stereocenters. The number of imidazole rings is 1. The van der Waals surface area contributed by atoms with E-state index in [1.807, 2.05) is 25.1 Å². The SMILES string of the molecule is Cc1ncc(CN(CCO)C(=O)[C@@H]2C[C@H]2c2ccccc2)[nH]1. The van der Waals surface area contributed by atoms with Gasteiger partial charge in [0.1, 0.15) is 5.82 Å². The Morgan fingerprint density at radius 1 is 1.41 bits per heavy atom. The van der Waals surface area contributed by atoms with E-state index in [4.69, 9.17) is 0 Å². The number of hydrogen-bond acceptors (Lipinski definition) is 3. The van der Waals surface area contributed by atoms with Crippen LogP contribution in [0, 0.1) is 12.8 Å². The van der Waals surface area contributed by atoms with Crippen molar-refractivity contribution in [2.45, 2.75) is 25.8 Å². The minimum absolute atomic E-state index is 0.0262. The summed E-state index contributed by atoms with van der Waals surface area (Å²) < 4.78 is 0. The van der Waals surface area contributed by atoms with Crippen molar-refractivity contribution in [2.75, 3.05) is 13.2 Å². The lowest BCUT2D eigenvalue weighted by Gasteiger charge is -2.21. The average Bonchev–Trinajstić information content (AvgIpc) is 3.23. The Kier molecular flexibility index (Phi) is 4.24. The van der Waals surface area contributed by atoms with Gasteiger partial charge in [-0.15, -0.1) is 0 Å². The van der Waals surface area contributed by atoms with Gasteiger partial charge in [-0.05, 0) is 24.8 Å². The maximum atomic E-state index is 12.7. The predicted molar refractivity (Wildman–Crippen MR) is 83.1 cm³/mol. The van der Waals surface area contributed by atoms with Gasteiger partial charge in [0, 0.05) is 12.5 Å². The maximum Gasteiger partial charge on any atom is 0.226 e. The third-order valence-electron chi connectivity index (χ3n) is 4.13. The molecular weight excluding hydrogens is 278 g/mol. The summed E-state index contributed by atoms with van der Waals surface area (Å²) in [6.07, 6.45) is 2.64. The van der Waals surface area contributed by atoms with E-state index in [0.717, 1.165) is 17.9 Å². The number of nitrogens with zero attached hydrogens (tertiary/aromatic N) is 2. The molecule has 1 aromatic heterocycles. The van der Waals surface area contributed by atoms with Crippen LogP contribution in [0.1, 0.15) is 29.4 Å². The van der Waals surface area contributed by atoms with Crippen LogP contribution >= 0.6 is 0 Å². The van der Waals surface area contributed by atoms with Gasteiger partial charge in [-0.25, -0.2) is 4.98 Å². The fraction of sp³-hybridized carbons (Fsp3) is 0.412. The first-order chi connectivity index (χ1) is 10.7. The van der Waals surface area contributed by atoms with Crippen molar-refractivity contribution in [3.8, 4) is 0 Å². The number of carbonyl (C=O) groups is 1. The van der Waals surface area contributed by atoms with Crippen LogP contribution in [0.5, 0.6) is 0 Å². The van der Waals surface area contributed by atoms with Gasteiger partial charge in [0.15, 0.2) is 0 Å². The molecule has 3 rings (SSSR count). The highest BCUT2D eigenvalue weighted by molar-refractivity contribution is 5.83. The Morgan fingerprint density at radius 2 is 2.18 bits per heavy atom. The number of aromatic nitrogens is 2. The highest BCUT2D eigenvalue weighted by Gasteiger charge is 2.45.